The van der Waals surface area contributed by atoms with Crippen LogP contribution in [0.3, 0.4) is 0 Å². The summed E-state index contributed by atoms with van der Waals surface area (Å²) in [6, 6.07) is 6.02. The Hall–Kier alpha value is -0.880. The summed E-state index contributed by atoms with van der Waals surface area (Å²) in [6.07, 6.45) is 1.67. The summed E-state index contributed by atoms with van der Waals surface area (Å²) in [5.74, 6) is 2.84. The van der Waals surface area contributed by atoms with E-state index in [2.05, 4.69) is 6.07 Å². The van der Waals surface area contributed by atoms with Gasteiger partial charge < -0.3 is 4.42 Å². The number of nitrogens with zero attached hydrogens (tertiary/aromatic N) is 1. The maximum absolute atomic E-state index is 8.51. The molecule has 64 valence electrons. The minimum atomic E-state index is 0.130. The number of hydrogen-bond donors (Lipinski definition) is 0. The number of nitriles is 1. The van der Waals surface area contributed by atoms with Crippen LogP contribution in [-0.2, 0) is 5.75 Å². The first-order chi connectivity index (χ1) is 5.83. The van der Waals surface area contributed by atoms with E-state index in [1.54, 1.807) is 18.0 Å². The molecule has 0 spiro atoms. The Kier molecular flexibility index (Phi) is 3.75. The van der Waals surface area contributed by atoms with E-state index in [0.29, 0.717) is 0 Å². The highest BCUT2D eigenvalue weighted by atomic mass is 32.2. The Morgan fingerprint density at radius 1 is 1.75 bits per heavy atom. The normalized spacial score (nSPS) is 12.3. The second kappa shape index (κ2) is 4.89. The van der Waals surface area contributed by atoms with Crippen molar-refractivity contribution in [3.8, 4) is 6.07 Å². The molecule has 1 aromatic heterocycles. The summed E-state index contributed by atoms with van der Waals surface area (Å²) in [5.41, 5.74) is 0. The lowest BCUT2D eigenvalue weighted by atomic mass is 10.3. The average Bonchev–Trinajstić information content (AvgIpc) is 2.57. The molecule has 0 radical (unpaired) electrons. The van der Waals surface area contributed by atoms with Crippen LogP contribution in [0.25, 0.3) is 0 Å². The van der Waals surface area contributed by atoms with Crippen molar-refractivity contribution in [3.05, 3.63) is 24.2 Å². The van der Waals surface area contributed by atoms with Gasteiger partial charge in [0.1, 0.15) is 5.76 Å². The second-order valence-corrected chi connectivity index (χ2v) is 3.65. The van der Waals surface area contributed by atoms with Crippen molar-refractivity contribution in [1.29, 1.82) is 5.26 Å². The predicted molar refractivity (Wildman–Crippen MR) is 49.6 cm³/mol. The van der Waals surface area contributed by atoms with Gasteiger partial charge >= 0.3 is 0 Å². The molecule has 0 fully saturated rings. The van der Waals surface area contributed by atoms with Crippen molar-refractivity contribution in [2.45, 2.75) is 12.7 Å². The zero-order valence-corrected chi connectivity index (χ0v) is 7.80. The highest BCUT2D eigenvalue weighted by Crippen LogP contribution is 2.14. The van der Waals surface area contributed by atoms with Crippen LogP contribution in [-0.4, -0.2) is 5.75 Å². The maximum Gasteiger partial charge on any atom is 0.113 e. The SMILES string of the molecule is CC(C#N)CSCc1ccco1. The molecule has 0 saturated heterocycles. The molecule has 3 heteroatoms. The van der Waals surface area contributed by atoms with E-state index in [1.165, 1.54) is 0 Å². The summed E-state index contributed by atoms with van der Waals surface area (Å²) in [5, 5.41) is 8.51. The lowest BCUT2D eigenvalue weighted by molar-refractivity contribution is 0.530. The monoisotopic (exact) mass is 181 g/mol. The first-order valence-corrected chi connectivity index (χ1v) is 4.98. The van der Waals surface area contributed by atoms with E-state index in [1.807, 2.05) is 19.1 Å². The summed E-state index contributed by atoms with van der Waals surface area (Å²) in [7, 11) is 0. The van der Waals surface area contributed by atoms with Crippen molar-refractivity contribution in [2.75, 3.05) is 5.75 Å². The summed E-state index contributed by atoms with van der Waals surface area (Å²) in [4.78, 5) is 0. The Labute approximate surface area is 76.6 Å². The number of furan rings is 1. The van der Waals surface area contributed by atoms with E-state index in [9.17, 15) is 0 Å². The van der Waals surface area contributed by atoms with Crippen LogP contribution < -0.4 is 0 Å². The predicted octanol–water partition coefficient (Wildman–Crippen LogP) is 2.67. The van der Waals surface area contributed by atoms with Crippen LogP contribution in [0.5, 0.6) is 0 Å². The maximum atomic E-state index is 8.51. The van der Waals surface area contributed by atoms with Crippen LogP contribution in [0, 0.1) is 17.2 Å². The summed E-state index contributed by atoms with van der Waals surface area (Å²) < 4.78 is 5.15. The van der Waals surface area contributed by atoms with E-state index in [-0.39, 0.29) is 5.92 Å². The minimum absolute atomic E-state index is 0.130. The molecule has 0 N–H and O–H groups in total. The van der Waals surface area contributed by atoms with Crippen molar-refractivity contribution in [1.82, 2.24) is 0 Å². The molecule has 12 heavy (non-hydrogen) atoms. The average molecular weight is 181 g/mol. The molecule has 0 aromatic carbocycles. The van der Waals surface area contributed by atoms with Gasteiger partial charge in [-0.2, -0.15) is 17.0 Å². The minimum Gasteiger partial charge on any atom is -0.468 e. The number of thioether (sulfide) groups is 1. The van der Waals surface area contributed by atoms with E-state index < -0.39 is 0 Å². The van der Waals surface area contributed by atoms with Gasteiger partial charge in [0.05, 0.1) is 24.0 Å². The topological polar surface area (TPSA) is 36.9 Å². The summed E-state index contributed by atoms with van der Waals surface area (Å²) >= 11 is 1.73. The van der Waals surface area contributed by atoms with Crippen molar-refractivity contribution < 1.29 is 4.42 Å². The van der Waals surface area contributed by atoms with Gasteiger partial charge in [0.15, 0.2) is 0 Å². The third-order valence-corrected chi connectivity index (χ3v) is 2.64. The van der Waals surface area contributed by atoms with E-state index in [4.69, 9.17) is 9.68 Å². The molecule has 1 unspecified atom stereocenters. The number of hydrogen-bond acceptors (Lipinski definition) is 3. The van der Waals surface area contributed by atoms with E-state index >= 15 is 0 Å². The van der Waals surface area contributed by atoms with Gasteiger partial charge in [0.2, 0.25) is 0 Å². The van der Waals surface area contributed by atoms with Gasteiger partial charge in [-0.25, -0.2) is 0 Å². The van der Waals surface area contributed by atoms with Gasteiger partial charge in [-0.1, -0.05) is 0 Å². The Balaban J connectivity index is 2.16. The third kappa shape index (κ3) is 3.02. The zero-order valence-electron chi connectivity index (χ0n) is 6.99. The second-order valence-electron chi connectivity index (χ2n) is 2.62. The largest absolute Gasteiger partial charge is 0.468 e. The van der Waals surface area contributed by atoms with Crippen molar-refractivity contribution in [3.63, 3.8) is 0 Å². The molecular weight excluding hydrogens is 170 g/mol. The fourth-order valence-corrected chi connectivity index (χ4v) is 1.68. The summed E-state index contributed by atoms with van der Waals surface area (Å²) in [6.45, 7) is 1.93. The van der Waals surface area contributed by atoms with Crippen LogP contribution in [0.15, 0.2) is 22.8 Å². The molecule has 0 amide bonds. The van der Waals surface area contributed by atoms with Gasteiger partial charge in [0.25, 0.3) is 0 Å². The van der Waals surface area contributed by atoms with Crippen molar-refractivity contribution >= 4 is 11.8 Å². The molecule has 0 aliphatic heterocycles. The van der Waals surface area contributed by atoms with Crippen LogP contribution >= 0.6 is 11.8 Å². The molecule has 1 atom stereocenters. The fourth-order valence-electron chi connectivity index (χ4n) is 0.768. The molecule has 2 nitrogen and oxygen atoms in total. The highest BCUT2D eigenvalue weighted by Gasteiger charge is 2.00. The van der Waals surface area contributed by atoms with Crippen LogP contribution in [0.4, 0.5) is 0 Å². The van der Waals surface area contributed by atoms with Crippen molar-refractivity contribution in [2.24, 2.45) is 5.92 Å². The standard InChI is InChI=1S/C9H11NOS/c1-8(5-10)6-12-7-9-3-2-4-11-9/h2-4,8H,6-7H2,1H3. The Bertz CT molecular complexity index is 250. The van der Waals surface area contributed by atoms with E-state index in [0.717, 1.165) is 17.3 Å². The third-order valence-electron chi connectivity index (χ3n) is 1.41. The molecule has 0 bridgehead atoms. The van der Waals surface area contributed by atoms with Gasteiger partial charge in [-0.15, -0.1) is 0 Å². The highest BCUT2D eigenvalue weighted by molar-refractivity contribution is 7.98. The van der Waals surface area contributed by atoms with Gasteiger partial charge in [0, 0.05) is 5.75 Å². The van der Waals surface area contributed by atoms with Crippen LogP contribution in [0.1, 0.15) is 12.7 Å². The fraction of sp³-hybridized carbons (Fsp3) is 0.444. The van der Waals surface area contributed by atoms with Gasteiger partial charge in [-0.05, 0) is 19.1 Å². The molecule has 1 aromatic rings. The first-order valence-electron chi connectivity index (χ1n) is 3.82. The quantitative estimate of drug-likeness (QED) is 0.716. The number of rotatable bonds is 4. The molecule has 0 saturated carbocycles. The lowest BCUT2D eigenvalue weighted by Gasteiger charge is -1.99. The lowest BCUT2D eigenvalue weighted by Crippen LogP contribution is -1.93. The Morgan fingerprint density at radius 3 is 3.17 bits per heavy atom. The zero-order chi connectivity index (χ0) is 8.81. The van der Waals surface area contributed by atoms with Crippen LogP contribution in [0.2, 0.25) is 0 Å². The molecule has 0 aliphatic carbocycles. The smallest absolute Gasteiger partial charge is 0.113 e. The first kappa shape index (κ1) is 9.21. The molecular formula is C9H11NOS. The Morgan fingerprint density at radius 2 is 2.58 bits per heavy atom. The molecule has 0 aliphatic rings. The molecule has 1 rings (SSSR count). The molecule has 1 heterocycles. The van der Waals surface area contributed by atoms with Gasteiger partial charge in [-0.3, -0.25) is 0 Å².